The molecule has 8 aromatic carbocycles. The number of hydrogen-bond acceptors (Lipinski definition) is 4. The molecule has 0 saturated carbocycles. The van der Waals surface area contributed by atoms with Crippen molar-refractivity contribution in [2.45, 2.75) is 23.6 Å². The van der Waals surface area contributed by atoms with Crippen molar-refractivity contribution in [3.05, 3.63) is 191 Å². The van der Waals surface area contributed by atoms with Crippen molar-refractivity contribution in [2.24, 2.45) is 0 Å². The highest BCUT2D eigenvalue weighted by Gasteiger charge is 2.38. The van der Waals surface area contributed by atoms with Crippen LogP contribution in [0.3, 0.4) is 0 Å². The van der Waals surface area contributed by atoms with Gasteiger partial charge in [-0.2, -0.15) is 0 Å². The molecule has 0 bridgehead atoms. The second-order valence-electron chi connectivity index (χ2n) is 13.8. The molecule has 2 aliphatic heterocycles. The zero-order valence-corrected chi connectivity index (χ0v) is 31.1. The Morgan fingerprint density at radius 2 is 0.852 bits per heavy atom. The van der Waals surface area contributed by atoms with Gasteiger partial charge < -0.3 is 9.80 Å². The van der Waals surface area contributed by atoms with Crippen molar-refractivity contribution in [3.63, 3.8) is 0 Å². The number of anilines is 4. The number of aryl methyl sites for hydroxylation is 2. The van der Waals surface area contributed by atoms with Crippen LogP contribution in [0.2, 0.25) is 0 Å². The van der Waals surface area contributed by atoms with E-state index in [1.807, 2.05) is 36.4 Å². The predicted octanol–water partition coefficient (Wildman–Crippen LogP) is 14.5. The molecular formula is C48H32F2N2S2. The summed E-state index contributed by atoms with van der Waals surface area (Å²) in [5.74, 6) is -0.526. The molecule has 6 heteroatoms. The minimum atomic E-state index is -0.263. The number of halogens is 2. The molecule has 10 rings (SSSR count). The molecule has 2 aliphatic rings. The van der Waals surface area contributed by atoms with Gasteiger partial charge in [0.25, 0.3) is 0 Å². The van der Waals surface area contributed by atoms with Crippen molar-refractivity contribution in [1.82, 2.24) is 0 Å². The van der Waals surface area contributed by atoms with Crippen molar-refractivity contribution in [2.75, 3.05) is 9.80 Å². The molecule has 0 atom stereocenters. The maximum Gasteiger partial charge on any atom is 0.123 e. The van der Waals surface area contributed by atoms with Gasteiger partial charge >= 0.3 is 0 Å². The monoisotopic (exact) mass is 738 g/mol. The molecule has 0 aromatic heterocycles. The lowest BCUT2D eigenvalue weighted by molar-refractivity contribution is 0.629. The number of fused-ring (bicyclic) bond motifs is 4. The molecule has 0 saturated heterocycles. The molecule has 0 amide bonds. The van der Waals surface area contributed by atoms with Gasteiger partial charge in [-0.05, 0) is 131 Å². The first-order chi connectivity index (χ1) is 26.4. The van der Waals surface area contributed by atoms with Crippen LogP contribution in [0, 0.1) is 25.5 Å². The average molecular weight is 739 g/mol. The normalized spacial score (nSPS) is 15.0. The van der Waals surface area contributed by atoms with Crippen LogP contribution in [-0.4, -0.2) is 0 Å². The van der Waals surface area contributed by atoms with Crippen LogP contribution in [0.1, 0.15) is 11.1 Å². The molecule has 0 aliphatic carbocycles. The van der Waals surface area contributed by atoms with Crippen molar-refractivity contribution in [3.8, 4) is 22.3 Å². The highest BCUT2D eigenvalue weighted by molar-refractivity contribution is 8.07. The Balaban J connectivity index is 1.25. The summed E-state index contributed by atoms with van der Waals surface area (Å²) in [6, 6.07) is 52.7. The lowest BCUT2D eigenvalue weighted by Crippen LogP contribution is -2.19. The number of thioether (sulfide) groups is 2. The van der Waals surface area contributed by atoms with Crippen LogP contribution in [0.5, 0.6) is 0 Å². The minimum Gasteiger partial charge on any atom is -0.301 e. The van der Waals surface area contributed by atoms with Gasteiger partial charge in [0.15, 0.2) is 0 Å². The molecule has 2 heterocycles. The van der Waals surface area contributed by atoms with Crippen molar-refractivity contribution in [1.29, 1.82) is 0 Å². The highest BCUT2D eigenvalue weighted by atomic mass is 32.2. The SMILES string of the molecule is Cc1ccccc1-c1ccc2c(c1)N(c1cccc3cc(F)ccc13)/C(=C1\Sc3ccc(-c4ccccc4C)cc3N1c1cccc3cc(F)ccc13)S2. The minimum absolute atomic E-state index is 0.263. The van der Waals surface area contributed by atoms with E-state index in [-0.39, 0.29) is 11.6 Å². The zero-order valence-electron chi connectivity index (χ0n) is 29.5. The van der Waals surface area contributed by atoms with Gasteiger partial charge in [0.1, 0.15) is 21.7 Å². The Bertz CT molecular complexity index is 2670. The molecule has 0 spiro atoms. The number of rotatable bonds is 4. The van der Waals surface area contributed by atoms with E-state index in [2.05, 4.69) is 121 Å². The lowest BCUT2D eigenvalue weighted by Gasteiger charge is -2.28. The van der Waals surface area contributed by atoms with E-state index >= 15 is 0 Å². The van der Waals surface area contributed by atoms with Crippen LogP contribution >= 0.6 is 23.5 Å². The van der Waals surface area contributed by atoms with Gasteiger partial charge in [0.05, 0.1) is 22.7 Å². The summed E-state index contributed by atoms with van der Waals surface area (Å²) >= 11 is 3.49. The fraction of sp³-hybridized carbons (Fsp3) is 0.0417. The lowest BCUT2D eigenvalue weighted by atomic mass is 9.99. The largest absolute Gasteiger partial charge is 0.301 e. The number of nitrogens with zero attached hydrogens (tertiary/aromatic N) is 2. The summed E-state index contributed by atoms with van der Waals surface area (Å²) in [5.41, 5.74) is 11.1. The first kappa shape index (κ1) is 32.8. The third-order valence-corrected chi connectivity index (χ3v) is 12.8. The Kier molecular flexibility index (Phi) is 7.86. The topological polar surface area (TPSA) is 6.48 Å². The zero-order chi connectivity index (χ0) is 36.5. The molecule has 0 fully saturated rings. The fourth-order valence-corrected chi connectivity index (χ4v) is 10.2. The molecule has 0 radical (unpaired) electrons. The van der Waals surface area contributed by atoms with Gasteiger partial charge in [0.2, 0.25) is 0 Å². The first-order valence-electron chi connectivity index (χ1n) is 17.9. The average Bonchev–Trinajstić information content (AvgIpc) is 3.75. The molecule has 54 heavy (non-hydrogen) atoms. The third kappa shape index (κ3) is 5.40. The van der Waals surface area contributed by atoms with Gasteiger partial charge in [0, 0.05) is 20.6 Å². The second kappa shape index (κ2) is 12.9. The van der Waals surface area contributed by atoms with E-state index in [1.165, 1.54) is 22.3 Å². The van der Waals surface area contributed by atoms with Crippen molar-refractivity contribution >= 4 is 67.8 Å². The van der Waals surface area contributed by atoms with Crippen LogP contribution < -0.4 is 9.80 Å². The Labute approximate surface area is 321 Å². The highest BCUT2D eigenvalue weighted by Crippen LogP contribution is 2.60. The van der Waals surface area contributed by atoms with Crippen LogP contribution in [-0.2, 0) is 0 Å². The van der Waals surface area contributed by atoms with Crippen LogP contribution in [0.4, 0.5) is 31.5 Å². The maximum atomic E-state index is 14.6. The summed E-state index contributed by atoms with van der Waals surface area (Å²) in [4.78, 5) is 6.98. The van der Waals surface area contributed by atoms with Gasteiger partial charge in [-0.15, -0.1) is 0 Å². The molecule has 260 valence electrons. The maximum absolute atomic E-state index is 14.6. The first-order valence-corrected chi connectivity index (χ1v) is 19.5. The van der Waals surface area contributed by atoms with E-state index in [9.17, 15) is 8.78 Å². The summed E-state index contributed by atoms with van der Waals surface area (Å²) in [5, 5.41) is 5.68. The second-order valence-corrected chi connectivity index (χ2v) is 15.8. The van der Waals surface area contributed by atoms with E-state index in [0.717, 1.165) is 75.3 Å². The van der Waals surface area contributed by atoms with Crippen LogP contribution in [0.15, 0.2) is 178 Å². The summed E-state index contributed by atoms with van der Waals surface area (Å²) in [6.45, 7) is 4.29. The van der Waals surface area contributed by atoms with Crippen molar-refractivity contribution < 1.29 is 8.78 Å². The smallest absolute Gasteiger partial charge is 0.123 e. The quantitative estimate of drug-likeness (QED) is 0.177. The molecule has 0 N–H and O–H groups in total. The standard InChI is InChI=1S/C48H32F2N2S2/c1-29-9-3-5-13-37(29)33-17-23-45-43(27-33)51(41-15-7-11-31-25-35(49)19-21-39(31)41)47(53-45)48-52(42-16-8-12-32-26-36(50)20-22-40(32)42)44-28-34(18-24-46(44)54-48)38-14-6-4-10-30(38)2/h3-28H,1-2H3/b48-47+. The molecule has 0 unspecified atom stereocenters. The van der Waals surface area contributed by atoms with E-state index in [1.54, 1.807) is 47.8 Å². The van der Waals surface area contributed by atoms with Gasteiger partial charge in [-0.1, -0.05) is 108 Å². The van der Waals surface area contributed by atoms with Crippen LogP contribution in [0.25, 0.3) is 43.8 Å². The Morgan fingerprint density at radius 3 is 1.30 bits per heavy atom. The molecule has 8 aromatic rings. The summed E-state index contributed by atoms with van der Waals surface area (Å²) < 4.78 is 29.3. The van der Waals surface area contributed by atoms with E-state index in [0.29, 0.717) is 0 Å². The number of benzene rings is 8. The predicted molar refractivity (Wildman–Crippen MR) is 224 cm³/mol. The third-order valence-electron chi connectivity index (χ3n) is 10.4. The Morgan fingerprint density at radius 1 is 0.407 bits per heavy atom. The number of hydrogen-bond donors (Lipinski definition) is 0. The Hall–Kier alpha value is -5.82. The van der Waals surface area contributed by atoms with Gasteiger partial charge in [-0.25, -0.2) is 8.78 Å². The fourth-order valence-electron chi connectivity index (χ4n) is 7.83. The summed E-state index contributed by atoms with van der Waals surface area (Å²) in [6.07, 6.45) is 0. The van der Waals surface area contributed by atoms with Gasteiger partial charge in [-0.3, -0.25) is 0 Å². The van der Waals surface area contributed by atoms with E-state index < -0.39 is 0 Å². The van der Waals surface area contributed by atoms with E-state index in [4.69, 9.17) is 0 Å². The molecular weight excluding hydrogens is 707 g/mol. The molecule has 2 nitrogen and oxygen atoms in total. The summed E-state index contributed by atoms with van der Waals surface area (Å²) in [7, 11) is 0.